The molecule has 1 aromatic heterocycles. The van der Waals surface area contributed by atoms with E-state index in [9.17, 15) is 4.79 Å². The van der Waals surface area contributed by atoms with Gasteiger partial charge in [-0.2, -0.15) is 0 Å². The summed E-state index contributed by atoms with van der Waals surface area (Å²) in [6.07, 6.45) is 0. The molecule has 0 radical (unpaired) electrons. The summed E-state index contributed by atoms with van der Waals surface area (Å²) >= 11 is 0. The Balaban J connectivity index is 1.79. The minimum atomic E-state index is -0.148. The van der Waals surface area contributed by atoms with Crippen molar-refractivity contribution in [1.82, 2.24) is 20.2 Å². The molecule has 0 atom stereocenters. The number of hydrogen-bond acceptors (Lipinski definition) is 6. The first-order valence-corrected chi connectivity index (χ1v) is 10.3. The van der Waals surface area contributed by atoms with Crippen molar-refractivity contribution in [2.24, 2.45) is 0 Å². The highest BCUT2D eigenvalue weighted by molar-refractivity contribution is 6.11. The minimum Gasteiger partial charge on any atom is -0.491 e. The number of benzene rings is 3. The third-order valence-corrected chi connectivity index (χ3v) is 5.09. The summed E-state index contributed by atoms with van der Waals surface area (Å²) < 4.78 is 11.0. The van der Waals surface area contributed by atoms with Gasteiger partial charge < -0.3 is 19.7 Å². The molecule has 4 aromatic rings. The van der Waals surface area contributed by atoms with E-state index >= 15 is 0 Å². The van der Waals surface area contributed by atoms with E-state index in [2.05, 4.69) is 5.32 Å². The van der Waals surface area contributed by atoms with E-state index in [1.165, 1.54) is 0 Å². The number of methoxy groups -OCH3 is 1. The van der Waals surface area contributed by atoms with E-state index in [1.807, 2.05) is 61.5 Å². The number of para-hydroxylation sites is 1. The Morgan fingerprint density at radius 2 is 1.74 bits per heavy atom. The van der Waals surface area contributed by atoms with Crippen molar-refractivity contribution >= 4 is 38.7 Å². The van der Waals surface area contributed by atoms with Gasteiger partial charge in [0.2, 0.25) is 0 Å². The number of rotatable bonds is 8. The number of carbonyl (C=O) groups excluding carboxylic acids is 1. The number of likely N-dealkylation sites (N-methyl/N-ethyl adjacent to an activating group) is 1. The molecule has 31 heavy (non-hydrogen) atoms. The Kier molecular flexibility index (Phi) is 6.25. The number of nitrogens with zero attached hydrogens (tertiary/aromatic N) is 3. The smallest absolute Gasteiger partial charge is 0.253 e. The Bertz CT molecular complexity index is 1240. The lowest BCUT2D eigenvalue weighted by Crippen LogP contribution is -2.31. The average Bonchev–Trinajstić information content (AvgIpc) is 2.77. The van der Waals surface area contributed by atoms with E-state index in [-0.39, 0.29) is 5.91 Å². The van der Waals surface area contributed by atoms with Crippen LogP contribution in [0.25, 0.3) is 32.8 Å². The normalized spacial score (nSPS) is 11.5. The van der Waals surface area contributed by atoms with Gasteiger partial charge in [-0.3, -0.25) is 4.79 Å². The van der Waals surface area contributed by atoms with Crippen LogP contribution in [0.3, 0.4) is 0 Å². The molecule has 0 bridgehead atoms. The zero-order valence-electron chi connectivity index (χ0n) is 18.0. The molecule has 0 unspecified atom stereocenters. The van der Waals surface area contributed by atoms with Crippen LogP contribution >= 0.6 is 0 Å². The van der Waals surface area contributed by atoms with E-state index in [1.54, 1.807) is 13.2 Å². The molecule has 7 heteroatoms. The second-order valence-electron chi connectivity index (χ2n) is 7.58. The van der Waals surface area contributed by atoms with Crippen LogP contribution < -0.4 is 10.1 Å². The molecule has 0 saturated carbocycles. The summed E-state index contributed by atoms with van der Waals surface area (Å²) in [4.78, 5) is 24.5. The molecule has 160 valence electrons. The van der Waals surface area contributed by atoms with Crippen molar-refractivity contribution < 1.29 is 14.3 Å². The van der Waals surface area contributed by atoms with Gasteiger partial charge >= 0.3 is 0 Å². The fourth-order valence-corrected chi connectivity index (χ4v) is 3.52. The highest BCUT2D eigenvalue weighted by Gasteiger charge is 2.15. The maximum atomic E-state index is 12.8. The third kappa shape index (κ3) is 4.42. The number of fused-ring (bicyclic) bond motifs is 4. The number of nitrogens with one attached hydrogen (secondary N) is 1. The zero-order valence-corrected chi connectivity index (χ0v) is 18.0. The van der Waals surface area contributed by atoms with Crippen molar-refractivity contribution in [2.75, 3.05) is 47.5 Å². The molecule has 4 rings (SSSR count). The van der Waals surface area contributed by atoms with Crippen LogP contribution in [-0.4, -0.2) is 68.3 Å². The van der Waals surface area contributed by atoms with Gasteiger partial charge in [-0.15, -0.1) is 0 Å². The second-order valence-corrected chi connectivity index (χ2v) is 7.58. The van der Waals surface area contributed by atoms with Crippen molar-refractivity contribution in [3.63, 3.8) is 0 Å². The van der Waals surface area contributed by atoms with Crippen LogP contribution in [0, 0.1) is 0 Å². The molecular formula is C24H26N4O3. The molecule has 3 aromatic carbocycles. The summed E-state index contributed by atoms with van der Waals surface area (Å²) in [5.74, 6) is 0.623. The quantitative estimate of drug-likeness (QED) is 0.269. The molecule has 0 aliphatic heterocycles. The number of ether oxygens (including phenoxy) is 2. The van der Waals surface area contributed by atoms with Gasteiger partial charge in [-0.05, 0) is 44.4 Å². The van der Waals surface area contributed by atoms with Gasteiger partial charge in [0.15, 0.2) is 0 Å². The molecule has 0 saturated heterocycles. The predicted molar refractivity (Wildman–Crippen MR) is 123 cm³/mol. The predicted octanol–water partition coefficient (Wildman–Crippen LogP) is 3.25. The first-order chi connectivity index (χ1) is 15.1. The average molecular weight is 418 g/mol. The van der Waals surface area contributed by atoms with Gasteiger partial charge in [0.25, 0.3) is 5.91 Å². The topological polar surface area (TPSA) is 76.6 Å². The third-order valence-electron chi connectivity index (χ3n) is 5.09. The molecule has 1 heterocycles. The van der Waals surface area contributed by atoms with E-state index < -0.39 is 0 Å². The molecule has 0 fully saturated rings. The maximum Gasteiger partial charge on any atom is 0.253 e. The van der Waals surface area contributed by atoms with Crippen molar-refractivity contribution in [1.29, 1.82) is 0 Å². The van der Waals surface area contributed by atoms with Gasteiger partial charge in [0, 0.05) is 31.0 Å². The summed E-state index contributed by atoms with van der Waals surface area (Å²) in [6, 6.07) is 15.3. The molecular weight excluding hydrogens is 392 g/mol. The van der Waals surface area contributed by atoms with Crippen LogP contribution in [0.5, 0.6) is 5.75 Å². The zero-order chi connectivity index (χ0) is 21.8. The molecule has 1 amide bonds. The molecule has 1 N–H and O–H groups in total. The van der Waals surface area contributed by atoms with Gasteiger partial charge in [-0.25, -0.2) is 9.97 Å². The van der Waals surface area contributed by atoms with Gasteiger partial charge in [-0.1, -0.05) is 18.2 Å². The van der Waals surface area contributed by atoms with Crippen LogP contribution in [0.2, 0.25) is 0 Å². The fraction of sp³-hybridized carbons (Fsp3) is 0.292. The van der Waals surface area contributed by atoms with Gasteiger partial charge in [0.05, 0.1) is 28.7 Å². The monoisotopic (exact) mass is 418 g/mol. The maximum absolute atomic E-state index is 12.8. The van der Waals surface area contributed by atoms with Gasteiger partial charge in [0.1, 0.15) is 17.9 Å². The number of aromatic nitrogens is 2. The van der Waals surface area contributed by atoms with Crippen LogP contribution in [-0.2, 0) is 4.74 Å². The Labute approximate surface area is 181 Å². The number of amides is 1. The molecule has 0 spiro atoms. The molecule has 7 nitrogen and oxygen atoms in total. The Hall–Kier alpha value is -3.29. The Morgan fingerprint density at radius 3 is 2.55 bits per heavy atom. The van der Waals surface area contributed by atoms with Crippen molar-refractivity contribution in [2.45, 2.75) is 0 Å². The lowest BCUT2D eigenvalue weighted by atomic mass is 10.1. The van der Waals surface area contributed by atoms with Crippen LogP contribution in [0.1, 0.15) is 10.4 Å². The Morgan fingerprint density at radius 1 is 0.935 bits per heavy atom. The lowest BCUT2D eigenvalue weighted by molar-refractivity contribution is 0.0952. The highest BCUT2D eigenvalue weighted by Crippen LogP contribution is 2.31. The van der Waals surface area contributed by atoms with Crippen molar-refractivity contribution in [3.05, 3.63) is 54.1 Å². The lowest BCUT2D eigenvalue weighted by Gasteiger charge is -2.12. The minimum absolute atomic E-state index is 0.148. The number of hydrogen-bond donors (Lipinski definition) is 1. The first kappa shape index (κ1) is 21.0. The first-order valence-electron chi connectivity index (χ1n) is 10.3. The van der Waals surface area contributed by atoms with E-state index in [4.69, 9.17) is 19.4 Å². The molecule has 0 aliphatic carbocycles. The second kappa shape index (κ2) is 9.24. The van der Waals surface area contributed by atoms with Crippen molar-refractivity contribution in [3.8, 4) is 5.75 Å². The molecule has 0 aliphatic rings. The van der Waals surface area contributed by atoms with E-state index in [0.717, 1.165) is 34.1 Å². The fourth-order valence-electron chi connectivity index (χ4n) is 3.52. The standard InChI is InChI=1S/C24H26N4O3/c1-28(2)13-12-25-24(29)18-7-4-8-19-23(18)27-22-17-6-5-9-21(31-15-14-30-3)16(17)10-11-20(22)26-19/h4-11H,12-15H2,1-3H3,(H,25,29). The van der Waals surface area contributed by atoms with Crippen LogP contribution in [0.4, 0.5) is 0 Å². The summed E-state index contributed by atoms with van der Waals surface area (Å²) in [6.45, 7) is 2.31. The SMILES string of the molecule is COCCOc1cccc2c1ccc1nc3cccc(C(=O)NCCN(C)C)c3nc12. The summed E-state index contributed by atoms with van der Waals surface area (Å²) in [7, 11) is 5.59. The van der Waals surface area contributed by atoms with Crippen LogP contribution in [0.15, 0.2) is 48.5 Å². The summed E-state index contributed by atoms with van der Waals surface area (Å²) in [5.41, 5.74) is 3.33. The van der Waals surface area contributed by atoms with E-state index in [0.29, 0.717) is 36.4 Å². The summed E-state index contributed by atoms with van der Waals surface area (Å²) in [5, 5.41) is 4.85. The highest BCUT2D eigenvalue weighted by atomic mass is 16.5. The largest absolute Gasteiger partial charge is 0.491 e. The number of carbonyl (C=O) groups is 1.